The van der Waals surface area contributed by atoms with E-state index in [4.69, 9.17) is 9.47 Å². The number of para-hydroxylation sites is 2. The fraction of sp³-hybridized carbons (Fsp3) is 0.200. The Labute approximate surface area is 176 Å². The number of benzene rings is 3. The number of anilines is 1. The van der Waals surface area contributed by atoms with Gasteiger partial charge in [0.2, 0.25) is 6.10 Å². The van der Waals surface area contributed by atoms with E-state index in [2.05, 4.69) is 5.32 Å². The number of nitrogens with one attached hydrogen (secondary N) is 1. The maximum atomic E-state index is 13.1. The minimum Gasteiger partial charge on any atom is -0.492 e. The molecule has 0 saturated heterocycles. The lowest BCUT2D eigenvalue weighted by Gasteiger charge is -2.19. The van der Waals surface area contributed by atoms with E-state index in [0.717, 1.165) is 11.1 Å². The van der Waals surface area contributed by atoms with Crippen molar-refractivity contribution in [2.75, 3.05) is 11.9 Å². The molecule has 0 radical (unpaired) electrons. The van der Waals surface area contributed by atoms with Gasteiger partial charge in [0.15, 0.2) is 0 Å². The van der Waals surface area contributed by atoms with Crippen molar-refractivity contribution in [1.82, 2.24) is 0 Å². The molecule has 0 spiro atoms. The van der Waals surface area contributed by atoms with Crippen LogP contribution < -0.4 is 10.1 Å². The normalized spacial score (nSPS) is 11.4. The third-order valence-electron chi connectivity index (χ3n) is 4.63. The Morgan fingerprint density at radius 1 is 0.900 bits per heavy atom. The number of ether oxygens (including phenoxy) is 2. The van der Waals surface area contributed by atoms with Crippen LogP contribution in [0.4, 0.5) is 5.69 Å². The Kier molecular flexibility index (Phi) is 7.22. The SMILES string of the molecule is CCOc1ccccc1NC(=O)C(OC(=O)Cc1ccccc1C)c1ccccc1. The summed E-state index contributed by atoms with van der Waals surface area (Å²) in [6.07, 6.45) is -0.976. The van der Waals surface area contributed by atoms with Crippen molar-refractivity contribution in [3.05, 3.63) is 95.6 Å². The van der Waals surface area contributed by atoms with E-state index >= 15 is 0 Å². The van der Waals surface area contributed by atoms with Crippen molar-refractivity contribution in [3.63, 3.8) is 0 Å². The average molecular weight is 403 g/mol. The van der Waals surface area contributed by atoms with Crippen LogP contribution in [0.2, 0.25) is 0 Å². The summed E-state index contributed by atoms with van der Waals surface area (Å²) in [6, 6.07) is 23.8. The summed E-state index contributed by atoms with van der Waals surface area (Å²) in [5.74, 6) is -0.343. The molecule has 30 heavy (non-hydrogen) atoms. The first-order valence-corrected chi connectivity index (χ1v) is 9.90. The van der Waals surface area contributed by atoms with E-state index in [1.54, 1.807) is 42.5 Å². The van der Waals surface area contributed by atoms with E-state index in [9.17, 15) is 9.59 Å². The largest absolute Gasteiger partial charge is 0.492 e. The first-order valence-electron chi connectivity index (χ1n) is 9.90. The highest BCUT2D eigenvalue weighted by Crippen LogP contribution is 2.27. The second-order valence-electron chi connectivity index (χ2n) is 6.80. The Bertz CT molecular complexity index is 1000. The van der Waals surface area contributed by atoms with Crippen molar-refractivity contribution in [2.45, 2.75) is 26.4 Å². The standard InChI is InChI=1S/C25H25NO4/c1-3-29-22-16-10-9-15-21(22)26-25(28)24(19-12-5-4-6-13-19)30-23(27)17-20-14-8-7-11-18(20)2/h4-16,24H,3,17H2,1-2H3,(H,26,28). The van der Waals surface area contributed by atoms with Crippen LogP contribution in [0.25, 0.3) is 0 Å². The summed E-state index contributed by atoms with van der Waals surface area (Å²) in [6.45, 7) is 4.29. The van der Waals surface area contributed by atoms with Crippen molar-refractivity contribution in [2.24, 2.45) is 0 Å². The highest BCUT2D eigenvalue weighted by Gasteiger charge is 2.26. The molecule has 0 bridgehead atoms. The van der Waals surface area contributed by atoms with Gasteiger partial charge in [-0.1, -0.05) is 66.7 Å². The number of aryl methyl sites for hydroxylation is 1. The smallest absolute Gasteiger partial charge is 0.311 e. The number of carbonyl (C=O) groups is 2. The van der Waals surface area contributed by atoms with Gasteiger partial charge >= 0.3 is 5.97 Å². The third kappa shape index (κ3) is 5.47. The minimum atomic E-state index is -1.07. The molecule has 154 valence electrons. The second kappa shape index (κ2) is 10.3. The molecule has 1 atom stereocenters. The Hall–Kier alpha value is -3.60. The highest BCUT2D eigenvalue weighted by atomic mass is 16.5. The van der Waals surface area contributed by atoms with Crippen LogP contribution >= 0.6 is 0 Å². The maximum Gasteiger partial charge on any atom is 0.311 e. The van der Waals surface area contributed by atoms with Gasteiger partial charge in [0.05, 0.1) is 18.7 Å². The molecule has 0 aliphatic rings. The second-order valence-corrected chi connectivity index (χ2v) is 6.80. The van der Waals surface area contributed by atoms with Gasteiger partial charge in [-0.15, -0.1) is 0 Å². The van der Waals surface area contributed by atoms with E-state index in [1.165, 1.54) is 0 Å². The van der Waals surface area contributed by atoms with Crippen LogP contribution in [-0.4, -0.2) is 18.5 Å². The van der Waals surface area contributed by atoms with Crippen LogP contribution in [0.3, 0.4) is 0 Å². The Balaban J connectivity index is 1.80. The van der Waals surface area contributed by atoms with E-state index in [0.29, 0.717) is 23.6 Å². The topological polar surface area (TPSA) is 64.6 Å². The van der Waals surface area contributed by atoms with Gasteiger partial charge in [-0.05, 0) is 37.1 Å². The lowest BCUT2D eigenvalue weighted by atomic mass is 10.1. The zero-order valence-corrected chi connectivity index (χ0v) is 17.1. The Morgan fingerprint density at radius 2 is 1.57 bits per heavy atom. The summed E-state index contributed by atoms with van der Waals surface area (Å²) >= 11 is 0. The molecule has 0 fully saturated rings. The van der Waals surface area contributed by atoms with Gasteiger partial charge in [0, 0.05) is 5.56 Å². The molecule has 0 aromatic heterocycles. The molecule has 5 nitrogen and oxygen atoms in total. The van der Waals surface area contributed by atoms with E-state index < -0.39 is 18.0 Å². The molecule has 1 N–H and O–H groups in total. The van der Waals surface area contributed by atoms with Crippen LogP contribution in [-0.2, 0) is 20.7 Å². The molecule has 0 heterocycles. The number of carbonyl (C=O) groups excluding carboxylic acids is 2. The molecule has 0 aliphatic heterocycles. The van der Waals surface area contributed by atoms with E-state index in [1.807, 2.05) is 50.2 Å². The number of esters is 1. The molecular formula is C25H25NO4. The molecule has 3 aromatic carbocycles. The van der Waals surface area contributed by atoms with Gasteiger partial charge in [-0.2, -0.15) is 0 Å². The quantitative estimate of drug-likeness (QED) is 0.546. The summed E-state index contributed by atoms with van der Waals surface area (Å²) in [7, 11) is 0. The van der Waals surface area contributed by atoms with Gasteiger partial charge < -0.3 is 14.8 Å². The van der Waals surface area contributed by atoms with Gasteiger partial charge in [-0.3, -0.25) is 9.59 Å². The van der Waals surface area contributed by atoms with E-state index in [-0.39, 0.29) is 6.42 Å². The molecule has 5 heteroatoms. The lowest BCUT2D eigenvalue weighted by molar-refractivity contribution is -0.154. The number of rotatable bonds is 8. The highest BCUT2D eigenvalue weighted by molar-refractivity contribution is 5.97. The van der Waals surface area contributed by atoms with Crippen LogP contribution in [0, 0.1) is 6.92 Å². The molecule has 3 aromatic rings. The van der Waals surface area contributed by atoms with Gasteiger partial charge in [-0.25, -0.2) is 0 Å². The molecular weight excluding hydrogens is 378 g/mol. The van der Waals surface area contributed by atoms with Crippen molar-refractivity contribution < 1.29 is 19.1 Å². The molecule has 1 unspecified atom stereocenters. The average Bonchev–Trinajstić information content (AvgIpc) is 2.76. The zero-order valence-electron chi connectivity index (χ0n) is 17.1. The summed E-state index contributed by atoms with van der Waals surface area (Å²) in [4.78, 5) is 25.7. The monoisotopic (exact) mass is 403 g/mol. The van der Waals surface area contributed by atoms with Crippen molar-refractivity contribution >= 4 is 17.6 Å². The molecule has 3 rings (SSSR count). The fourth-order valence-electron chi connectivity index (χ4n) is 3.09. The van der Waals surface area contributed by atoms with Gasteiger partial charge in [0.1, 0.15) is 5.75 Å². The summed E-state index contributed by atoms with van der Waals surface area (Å²) in [5, 5.41) is 2.83. The predicted octanol–water partition coefficient (Wildman–Crippen LogP) is 4.86. The molecule has 0 saturated carbocycles. The zero-order chi connectivity index (χ0) is 21.3. The molecule has 0 aliphatic carbocycles. The predicted molar refractivity (Wildman–Crippen MR) is 116 cm³/mol. The fourth-order valence-corrected chi connectivity index (χ4v) is 3.09. The minimum absolute atomic E-state index is 0.0961. The number of amides is 1. The first-order chi connectivity index (χ1) is 14.6. The van der Waals surface area contributed by atoms with Crippen LogP contribution in [0.15, 0.2) is 78.9 Å². The molecule has 1 amide bonds. The number of hydrogen-bond acceptors (Lipinski definition) is 4. The maximum absolute atomic E-state index is 13.1. The van der Waals surface area contributed by atoms with Crippen molar-refractivity contribution in [1.29, 1.82) is 0 Å². The van der Waals surface area contributed by atoms with Crippen LogP contribution in [0.1, 0.15) is 29.7 Å². The summed E-state index contributed by atoms with van der Waals surface area (Å²) < 4.78 is 11.2. The first kappa shape index (κ1) is 21.1. The Morgan fingerprint density at radius 3 is 2.30 bits per heavy atom. The summed E-state index contributed by atoms with van der Waals surface area (Å²) in [5.41, 5.74) is 3.00. The third-order valence-corrected chi connectivity index (χ3v) is 4.63. The lowest BCUT2D eigenvalue weighted by Crippen LogP contribution is -2.26. The van der Waals surface area contributed by atoms with Crippen LogP contribution in [0.5, 0.6) is 5.75 Å². The number of hydrogen-bond donors (Lipinski definition) is 1. The van der Waals surface area contributed by atoms with Gasteiger partial charge in [0.25, 0.3) is 5.91 Å². The van der Waals surface area contributed by atoms with Crippen molar-refractivity contribution in [3.8, 4) is 5.75 Å².